The fourth-order valence-corrected chi connectivity index (χ4v) is 2.79. The maximum absolute atomic E-state index is 11.7. The van der Waals surface area contributed by atoms with Gasteiger partial charge in [-0.3, -0.25) is 4.79 Å². The number of nitrogens with one attached hydrogen (secondary N) is 1. The van der Waals surface area contributed by atoms with E-state index in [-0.39, 0.29) is 11.3 Å². The van der Waals surface area contributed by atoms with E-state index in [1.165, 1.54) is 0 Å². The lowest BCUT2D eigenvalue weighted by molar-refractivity contribution is -0.122. The summed E-state index contributed by atoms with van der Waals surface area (Å²) >= 11 is 5.88. The van der Waals surface area contributed by atoms with Crippen LogP contribution in [-0.4, -0.2) is 16.6 Å². The molecule has 1 aromatic rings. The predicted molar refractivity (Wildman–Crippen MR) is 68.8 cm³/mol. The van der Waals surface area contributed by atoms with Crippen LogP contribution in [0.15, 0.2) is 5.51 Å². The first-order chi connectivity index (χ1) is 7.65. The SMILES string of the molecule is Cc1ncsc1CNC(=O)CC1(CS)CC1. The van der Waals surface area contributed by atoms with E-state index in [4.69, 9.17) is 0 Å². The molecule has 1 aromatic heterocycles. The van der Waals surface area contributed by atoms with E-state index < -0.39 is 0 Å². The molecule has 1 amide bonds. The Hall–Kier alpha value is -0.550. The maximum atomic E-state index is 11.7. The number of nitrogens with zero attached hydrogens (tertiary/aromatic N) is 1. The van der Waals surface area contributed by atoms with Gasteiger partial charge in [0.15, 0.2) is 0 Å². The van der Waals surface area contributed by atoms with Gasteiger partial charge < -0.3 is 5.32 Å². The summed E-state index contributed by atoms with van der Waals surface area (Å²) in [5.41, 5.74) is 3.03. The number of thiazole rings is 1. The topological polar surface area (TPSA) is 42.0 Å². The first-order valence-corrected chi connectivity index (χ1v) is 6.93. The van der Waals surface area contributed by atoms with Gasteiger partial charge in [0, 0.05) is 11.3 Å². The lowest BCUT2D eigenvalue weighted by Gasteiger charge is -2.11. The van der Waals surface area contributed by atoms with Crippen molar-refractivity contribution in [3.05, 3.63) is 16.1 Å². The zero-order chi connectivity index (χ0) is 11.6. The van der Waals surface area contributed by atoms with Crippen LogP contribution in [0.25, 0.3) is 0 Å². The second-order valence-electron chi connectivity index (χ2n) is 4.47. The van der Waals surface area contributed by atoms with Crippen LogP contribution in [0.4, 0.5) is 0 Å². The average molecular weight is 256 g/mol. The summed E-state index contributed by atoms with van der Waals surface area (Å²) in [6.07, 6.45) is 2.90. The van der Waals surface area contributed by atoms with Crippen molar-refractivity contribution in [2.45, 2.75) is 32.7 Å². The quantitative estimate of drug-likeness (QED) is 0.793. The molecule has 0 spiro atoms. The Balaban J connectivity index is 1.78. The minimum Gasteiger partial charge on any atom is -0.351 e. The van der Waals surface area contributed by atoms with Crippen molar-refractivity contribution in [3.63, 3.8) is 0 Å². The van der Waals surface area contributed by atoms with E-state index in [9.17, 15) is 4.79 Å². The molecule has 0 unspecified atom stereocenters. The highest BCUT2D eigenvalue weighted by molar-refractivity contribution is 7.80. The average Bonchev–Trinajstić information content (AvgIpc) is 2.92. The molecule has 1 fully saturated rings. The molecule has 1 aliphatic carbocycles. The van der Waals surface area contributed by atoms with Gasteiger partial charge in [0.05, 0.1) is 17.7 Å². The Morgan fingerprint density at radius 2 is 2.44 bits per heavy atom. The molecule has 3 nitrogen and oxygen atoms in total. The summed E-state index contributed by atoms with van der Waals surface area (Å²) in [7, 11) is 0. The molecule has 1 saturated carbocycles. The van der Waals surface area contributed by atoms with Crippen LogP contribution in [0.2, 0.25) is 0 Å². The van der Waals surface area contributed by atoms with E-state index in [2.05, 4.69) is 22.9 Å². The van der Waals surface area contributed by atoms with Gasteiger partial charge in [-0.25, -0.2) is 4.98 Å². The summed E-state index contributed by atoms with van der Waals surface area (Å²) in [5, 5.41) is 2.95. The number of carbonyl (C=O) groups is 1. The molecular formula is C11H16N2OS2. The van der Waals surface area contributed by atoms with Gasteiger partial charge >= 0.3 is 0 Å². The number of amides is 1. The van der Waals surface area contributed by atoms with Gasteiger partial charge in [0.2, 0.25) is 5.91 Å². The minimum atomic E-state index is 0.138. The molecule has 1 heterocycles. The van der Waals surface area contributed by atoms with Crippen LogP contribution in [0.5, 0.6) is 0 Å². The summed E-state index contributed by atoms with van der Waals surface area (Å²) < 4.78 is 0. The van der Waals surface area contributed by atoms with E-state index in [0.717, 1.165) is 29.2 Å². The molecular weight excluding hydrogens is 240 g/mol. The van der Waals surface area contributed by atoms with Crippen molar-refractivity contribution in [2.24, 2.45) is 5.41 Å². The third-order valence-electron chi connectivity index (χ3n) is 3.12. The normalized spacial score (nSPS) is 17.1. The fraction of sp³-hybridized carbons (Fsp3) is 0.636. The molecule has 0 aromatic carbocycles. The van der Waals surface area contributed by atoms with Crippen LogP contribution in [0.1, 0.15) is 29.8 Å². The first-order valence-electron chi connectivity index (χ1n) is 5.42. The molecule has 0 atom stereocenters. The summed E-state index contributed by atoms with van der Waals surface area (Å²) in [6.45, 7) is 2.58. The van der Waals surface area contributed by atoms with E-state index in [0.29, 0.717) is 13.0 Å². The highest BCUT2D eigenvalue weighted by Gasteiger charge is 2.42. The Morgan fingerprint density at radius 3 is 2.94 bits per heavy atom. The molecule has 88 valence electrons. The monoisotopic (exact) mass is 256 g/mol. The van der Waals surface area contributed by atoms with Crippen molar-refractivity contribution in [2.75, 3.05) is 5.75 Å². The lowest BCUT2D eigenvalue weighted by atomic mass is 10.1. The number of carbonyl (C=O) groups excluding carboxylic acids is 1. The third-order valence-corrected chi connectivity index (χ3v) is 4.72. The summed E-state index contributed by atoms with van der Waals surface area (Å²) in [6, 6.07) is 0. The van der Waals surface area contributed by atoms with E-state index in [1.54, 1.807) is 11.3 Å². The number of rotatable bonds is 5. The van der Waals surface area contributed by atoms with Gasteiger partial charge in [-0.15, -0.1) is 11.3 Å². The zero-order valence-electron chi connectivity index (χ0n) is 9.32. The Labute approximate surface area is 105 Å². The van der Waals surface area contributed by atoms with Crippen molar-refractivity contribution < 1.29 is 4.79 Å². The molecule has 0 bridgehead atoms. The molecule has 16 heavy (non-hydrogen) atoms. The molecule has 5 heteroatoms. The van der Waals surface area contributed by atoms with Crippen LogP contribution in [0, 0.1) is 12.3 Å². The van der Waals surface area contributed by atoms with Gasteiger partial charge in [-0.1, -0.05) is 0 Å². The van der Waals surface area contributed by atoms with Crippen LogP contribution < -0.4 is 5.32 Å². The molecule has 0 aliphatic heterocycles. The van der Waals surface area contributed by atoms with E-state index in [1.807, 2.05) is 12.4 Å². The Kier molecular flexibility index (Phi) is 3.54. The number of thiol groups is 1. The number of hydrogen-bond donors (Lipinski definition) is 2. The molecule has 2 rings (SSSR count). The molecule has 1 N–H and O–H groups in total. The first kappa shape index (κ1) is 11.9. The van der Waals surface area contributed by atoms with Gasteiger partial charge in [-0.2, -0.15) is 12.6 Å². The zero-order valence-corrected chi connectivity index (χ0v) is 11.0. The summed E-state index contributed by atoms with van der Waals surface area (Å²) in [4.78, 5) is 17.0. The second-order valence-corrected chi connectivity index (χ2v) is 5.73. The Bertz CT molecular complexity index is 385. The van der Waals surface area contributed by atoms with Crippen LogP contribution in [-0.2, 0) is 11.3 Å². The fourth-order valence-electron chi connectivity index (χ4n) is 1.65. The third kappa shape index (κ3) is 2.77. The van der Waals surface area contributed by atoms with Gasteiger partial charge in [-0.05, 0) is 30.9 Å². The smallest absolute Gasteiger partial charge is 0.220 e. The van der Waals surface area contributed by atoms with Crippen LogP contribution >= 0.6 is 24.0 Å². The number of aromatic nitrogens is 1. The molecule has 0 radical (unpaired) electrons. The predicted octanol–water partition coefficient (Wildman–Crippen LogP) is 2.17. The van der Waals surface area contributed by atoms with Crippen molar-refractivity contribution in [1.29, 1.82) is 0 Å². The maximum Gasteiger partial charge on any atom is 0.220 e. The molecule has 1 aliphatic rings. The highest BCUT2D eigenvalue weighted by atomic mass is 32.1. The van der Waals surface area contributed by atoms with Crippen LogP contribution in [0.3, 0.4) is 0 Å². The van der Waals surface area contributed by atoms with E-state index >= 15 is 0 Å². The minimum absolute atomic E-state index is 0.138. The number of hydrogen-bond acceptors (Lipinski definition) is 4. The lowest BCUT2D eigenvalue weighted by Crippen LogP contribution is -2.26. The standard InChI is InChI=1S/C11H16N2OS2/c1-8-9(16-7-13-8)5-12-10(14)4-11(6-15)2-3-11/h7,15H,2-6H2,1H3,(H,12,14). The summed E-state index contributed by atoms with van der Waals surface area (Å²) in [5.74, 6) is 0.958. The van der Waals surface area contributed by atoms with Crippen molar-refractivity contribution in [1.82, 2.24) is 10.3 Å². The van der Waals surface area contributed by atoms with Gasteiger partial charge in [0.25, 0.3) is 0 Å². The second kappa shape index (κ2) is 4.75. The number of aryl methyl sites for hydroxylation is 1. The van der Waals surface area contributed by atoms with Crippen molar-refractivity contribution in [3.8, 4) is 0 Å². The molecule has 0 saturated heterocycles. The Morgan fingerprint density at radius 1 is 1.69 bits per heavy atom. The largest absolute Gasteiger partial charge is 0.351 e. The van der Waals surface area contributed by atoms with Gasteiger partial charge in [0.1, 0.15) is 0 Å². The highest BCUT2D eigenvalue weighted by Crippen LogP contribution is 2.49. The van der Waals surface area contributed by atoms with Crippen molar-refractivity contribution >= 4 is 29.9 Å².